The van der Waals surface area contributed by atoms with E-state index in [1.807, 2.05) is 26.2 Å². The zero-order valence-electron chi connectivity index (χ0n) is 7.92. The van der Waals surface area contributed by atoms with Gasteiger partial charge in [0.2, 0.25) is 0 Å². The maximum Gasteiger partial charge on any atom is 0.335 e. The van der Waals surface area contributed by atoms with Crippen molar-refractivity contribution in [2.75, 3.05) is 6.26 Å². The van der Waals surface area contributed by atoms with Gasteiger partial charge < -0.3 is 5.11 Å². The SMILES string of the molecule is CSc1ccc(C(=O)O)c(C)c1C. The Morgan fingerprint density at radius 3 is 2.38 bits per heavy atom. The summed E-state index contributed by atoms with van der Waals surface area (Å²) in [6, 6.07) is 3.52. The summed E-state index contributed by atoms with van der Waals surface area (Å²) in [6.07, 6.45) is 1.99. The molecule has 0 aromatic heterocycles. The Morgan fingerprint density at radius 2 is 1.92 bits per heavy atom. The Labute approximate surface area is 82.0 Å². The lowest BCUT2D eigenvalue weighted by Gasteiger charge is -2.08. The molecule has 0 bridgehead atoms. The molecule has 0 aliphatic carbocycles. The molecule has 0 amide bonds. The third-order valence-electron chi connectivity index (χ3n) is 2.19. The van der Waals surface area contributed by atoms with Crippen LogP contribution in [0.1, 0.15) is 21.5 Å². The highest BCUT2D eigenvalue weighted by Gasteiger charge is 2.10. The minimum Gasteiger partial charge on any atom is -0.478 e. The van der Waals surface area contributed by atoms with Crippen LogP contribution in [-0.4, -0.2) is 17.3 Å². The standard InChI is InChI=1S/C10H12O2S/c1-6-7(2)9(13-3)5-4-8(6)10(11)12/h4-5H,1-3H3,(H,11,12). The van der Waals surface area contributed by atoms with Crippen molar-refractivity contribution >= 4 is 17.7 Å². The van der Waals surface area contributed by atoms with E-state index in [-0.39, 0.29) is 0 Å². The minimum atomic E-state index is -0.853. The fraction of sp³-hybridized carbons (Fsp3) is 0.300. The first-order valence-corrected chi connectivity index (χ1v) is 5.18. The molecule has 0 atom stereocenters. The van der Waals surface area contributed by atoms with Gasteiger partial charge in [0.25, 0.3) is 0 Å². The molecule has 0 aliphatic heterocycles. The van der Waals surface area contributed by atoms with E-state index in [4.69, 9.17) is 5.11 Å². The molecular formula is C10H12O2S. The van der Waals surface area contributed by atoms with E-state index < -0.39 is 5.97 Å². The smallest absolute Gasteiger partial charge is 0.335 e. The van der Waals surface area contributed by atoms with Crippen LogP contribution in [0.5, 0.6) is 0 Å². The number of carboxylic acids is 1. The molecule has 0 unspecified atom stereocenters. The van der Waals surface area contributed by atoms with Gasteiger partial charge in [-0.15, -0.1) is 11.8 Å². The van der Waals surface area contributed by atoms with Gasteiger partial charge in [-0.25, -0.2) is 4.79 Å². The zero-order chi connectivity index (χ0) is 10.0. The molecule has 2 nitrogen and oxygen atoms in total. The zero-order valence-corrected chi connectivity index (χ0v) is 8.73. The Balaban J connectivity index is 3.31. The van der Waals surface area contributed by atoms with Crippen LogP contribution < -0.4 is 0 Å². The minimum absolute atomic E-state index is 0.398. The quantitative estimate of drug-likeness (QED) is 0.739. The molecule has 3 heteroatoms. The Morgan fingerprint density at radius 1 is 1.31 bits per heavy atom. The van der Waals surface area contributed by atoms with Crippen molar-refractivity contribution in [2.24, 2.45) is 0 Å². The number of carbonyl (C=O) groups is 1. The van der Waals surface area contributed by atoms with Crippen molar-refractivity contribution in [1.82, 2.24) is 0 Å². The highest BCUT2D eigenvalue weighted by atomic mass is 32.2. The van der Waals surface area contributed by atoms with Crippen LogP contribution in [-0.2, 0) is 0 Å². The molecule has 70 valence electrons. The summed E-state index contributed by atoms with van der Waals surface area (Å²) in [6.45, 7) is 3.80. The second-order valence-corrected chi connectivity index (χ2v) is 3.72. The fourth-order valence-corrected chi connectivity index (χ4v) is 1.91. The lowest BCUT2D eigenvalue weighted by atomic mass is 10.0. The Hall–Kier alpha value is -0.960. The first-order valence-electron chi connectivity index (χ1n) is 3.95. The van der Waals surface area contributed by atoms with Crippen LogP contribution >= 0.6 is 11.8 Å². The summed E-state index contributed by atoms with van der Waals surface area (Å²) in [5.41, 5.74) is 2.32. The average molecular weight is 196 g/mol. The Bertz CT molecular complexity index is 345. The van der Waals surface area contributed by atoms with E-state index in [1.54, 1.807) is 17.8 Å². The molecule has 1 aromatic rings. The molecule has 0 spiro atoms. The highest BCUT2D eigenvalue weighted by Crippen LogP contribution is 2.24. The van der Waals surface area contributed by atoms with Crippen LogP contribution in [0.15, 0.2) is 17.0 Å². The average Bonchev–Trinajstić information content (AvgIpc) is 2.09. The summed E-state index contributed by atoms with van der Waals surface area (Å²) in [5.74, 6) is -0.853. The maximum absolute atomic E-state index is 10.8. The summed E-state index contributed by atoms with van der Waals surface area (Å²) in [7, 11) is 0. The lowest BCUT2D eigenvalue weighted by molar-refractivity contribution is 0.0696. The van der Waals surface area contributed by atoms with Gasteiger partial charge in [-0.3, -0.25) is 0 Å². The monoisotopic (exact) mass is 196 g/mol. The van der Waals surface area contributed by atoms with Crippen LogP contribution in [0, 0.1) is 13.8 Å². The first-order chi connectivity index (χ1) is 6.07. The number of hydrogen-bond donors (Lipinski definition) is 1. The van der Waals surface area contributed by atoms with E-state index in [2.05, 4.69) is 0 Å². The van der Waals surface area contributed by atoms with E-state index in [1.165, 1.54) is 0 Å². The molecule has 0 heterocycles. The second-order valence-electron chi connectivity index (χ2n) is 2.87. The van der Waals surface area contributed by atoms with Gasteiger partial charge in [0.1, 0.15) is 0 Å². The van der Waals surface area contributed by atoms with Gasteiger partial charge in [0, 0.05) is 4.90 Å². The van der Waals surface area contributed by atoms with Gasteiger partial charge in [0.15, 0.2) is 0 Å². The van der Waals surface area contributed by atoms with Crippen molar-refractivity contribution in [3.63, 3.8) is 0 Å². The summed E-state index contributed by atoms with van der Waals surface area (Å²) < 4.78 is 0. The van der Waals surface area contributed by atoms with Crippen LogP contribution in [0.2, 0.25) is 0 Å². The molecule has 1 rings (SSSR count). The molecule has 1 N–H and O–H groups in total. The van der Waals surface area contributed by atoms with E-state index in [0.29, 0.717) is 5.56 Å². The molecule has 13 heavy (non-hydrogen) atoms. The van der Waals surface area contributed by atoms with Crippen molar-refractivity contribution in [3.05, 3.63) is 28.8 Å². The maximum atomic E-state index is 10.8. The summed E-state index contributed by atoms with van der Waals surface area (Å²) >= 11 is 1.64. The molecule has 0 aliphatic rings. The van der Waals surface area contributed by atoms with Gasteiger partial charge in [-0.05, 0) is 43.4 Å². The molecular weight excluding hydrogens is 184 g/mol. The summed E-state index contributed by atoms with van der Waals surface area (Å²) in [5, 5.41) is 8.85. The summed E-state index contributed by atoms with van der Waals surface area (Å²) in [4.78, 5) is 11.9. The molecule has 0 radical (unpaired) electrons. The predicted molar refractivity (Wildman–Crippen MR) is 54.7 cm³/mol. The Kier molecular flexibility index (Phi) is 2.98. The topological polar surface area (TPSA) is 37.3 Å². The number of hydrogen-bond acceptors (Lipinski definition) is 2. The van der Waals surface area contributed by atoms with Gasteiger partial charge in [0.05, 0.1) is 5.56 Å². The van der Waals surface area contributed by atoms with Crippen molar-refractivity contribution in [2.45, 2.75) is 18.7 Å². The van der Waals surface area contributed by atoms with E-state index >= 15 is 0 Å². The highest BCUT2D eigenvalue weighted by molar-refractivity contribution is 7.98. The first kappa shape index (κ1) is 10.1. The van der Waals surface area contributed by atoms with Gasteiger partial charge >= 0.3 is 5.97 Å². The number of rotatable bonds is 2. The van der Waals surface area contributed by atoms with Crippen LogP contribution in [0.3, 0.4) is 0 Å². The predicted octanol–water partition coefficient (Wildman–Crippen LogP) is 2.72. The van der Waals surface area contributed by atoms with E-state index in [0.717, 1.165) is 16.0 Å². The van der Waals surface area contributed by atoms with Gasteiger partial charge in [-0.2, -0.15) is 0 Å². The number of thioether (sulfide) groups is 1. The second kappa shape index (κ2) is 3.83. The molecule has 0 saturated carbocycles. The van der Waals surface area contributed by atoms with Crippen LogP contribution in [0.25, 0.3) is 0 Å². The fourth-order valence-electron chi connectivity index (χ4n) is 1.25. The van der Waals surface area contributed by atoms with Crippen LogP contribution in [0.4, 0.5) is 0 Å². The number of carboxylic acid groups (broad SMARTS) is 1. The molecule has 0 saturated heterocycles. The van der Waals surface area contributed by atoms with Crippen molar-refractivity contribution < 1.29 is 9.90 Å². The third kappa shape index (κ3) is 1.86. The van der Waals surface area contributed by atoms with Crippen molar-refractivity contribution in [3.8, 4) is 0 Å². The largest absolute Gasteiger partial charge is 0.478 e. The number of aromatic carboxylic acids is 1. The number of benzene rings is 1. The third-order valence-corrected chi connectivity index (χ3v) is 3.07. The lowest BCUT2D eigenvalue weighted by Crippen LogP contribution is -2.01. The normalized spacial score (nSPS) is 10.1. The van der Waals surface area contributed by atoms with Gasteiger partial charge in [-0.1, -0.05) is 0 Å². The molecule has 1 aromatic carbocycles. The molecule has 0 fully saturated rings. The van der Waals surface area contributed by atoms with Crippen molar-refractivity contribution in [1.29, 1.82) is 0 Å². The van der Waals surface area contributed by atoms with E-state index in [9.17, 15) is 4.79 Å².